The summed E-state index contributed by atoms with van der Waals surface area (Å²) in [6, 6.07) is 4.25. The van der Waals surface area contributed by atoms with Gasteiger partial charge in [0, 0.05) is 23.2 Å². The lowest BCUT2D eigenvalue weighted by atomic mass is 9.72. The molecule has 0 amide bonds. The fourth-order valence-corrected chi connectivity index (χ4v) is 8.76. The van der Waals surface area contributed by atoms with Crippen molar-refractivity contribution in [3.05, 3.63) is 48.9 Å². The van der Waals surface area contributed by atoms with E-state index in [1.54, 1.807) is 6.08 Å². The molecule has 0 radical (unpaired) electrons. The fraction of sp³-hybridized carbons (Fsp3) is 0.538. The molecule has 1 N–H and O–H groups in total. The molecule has 3 aromatic heterocycles. The Morgan fingerprint density at radius 3 is 2.53 bits per heavy atom. The highest BCUT2D eigenvalue weighted by Crippen LogP contribution is 2.45. The highest BCUT2D eigenvalue weighted by atomic mass is 32.2. The Hall–Kier alpha value is -2.21. The number of fused-ring (bicyclic) bond motifs is 3. The number of hydrogen-bond acceptors (Lipinski definition) is 4. The molecule has 2 aliphatic carbocycles. The summed E-state index contributed by atoms with van der Waals surface area (Å²) in [5, 5.41) is 2.13. The molecular weight excluding hydrogens is 418 g/mol. The Balaban J connectivity index is 1.41. The van der Waals surface area contributed by atoms with Crippen LogP contribution in [0.3, 0.4) is 0 Å². The van der Waals surface area contributed by atoms with E-state index in [0.29, 0.717) is 11.8 Å². The molecule has 3 heterocycles. The van der Waals surface area contributed by atoms with Crippen molar-refractivity contribution in [2.75, 3.05) is 5.75 Å². The minimum absolute atomic E-state index is 0.113. The van der Waals surface area contributed by atoms with Gasteiger partial charge in [0.25, 0.3) is 0 Å². The van der Waals surface area contributed by atoms with Gasteiger partial charge in [-0.2, -0.15) is 0 Å². The summed E-state index contributed by atoms with van der Waals surface area (Å²) in [4.78, 5) is 12.2. The normalized spacial score (nSPS) is 24.0. The molecule has 0 saturated heterocycles. The van der Waals surface area contributed by atoms with Crippen molar-refractivity contribution in [3.8, 4) is 0 Å². The first-order valence-electron chi connectivity index (χ1n) is 12.1. The molecule has 1 unspecified atom stereocenters. The van der Waals surface area contributed by atoms with Crippen LogP contribution in [0, 0.1) is 11.8 Å². The third-order valence-corrected chi connectivity index (χ3v) is 10.2. The number of aromatic nitrogens is 3. The maximum absolute atomic E-state index is 13.3. The zero-order chi connectivity index (χ0) is 22.1. The molecule has 1 atom stereocenters. The molecule has 2 saturated carbocycles. The van der Waals surface area contributed by atoms with Crippen LogP contribution < -0.4 is 0 Å². The monoisotopic (exact) mass is 451 g/mol. The quantitative estimate of drug-likeness (QED) is 0.471. The van der Waals surface area contributed by atoms with Gasteiger partial charge in [0.1, 0.15) is 0 Å². The van der Waals surface area contributed by atoms with Crippen molar-refractivity contribution < 1.29 is 8.42 Å². The zero-order valence-corrected chi connectivity index (χ0v) is 19.5. The summed E-state index contributed by atoms with van der Waals surface area (Å²) in [6.45, 7) is 3.73. The van der Waals surface area contributed by atoms with Crippen molar-refractivity contribution in [2.24, 2.45) is 11.8 Å². The van der Waals surface area contributed by atoms with E-state index in [1.807, 2.05) is 18.6 Å². The van der Waals surface area contributed by atoms with Crippen LogP contribution in [0.2, 0.25) is 0 Å². The number of aromatic amines is 1. The van der Waals surface area contributed by atoms with Crippen molar-refractivity contribution in [1.29, 1.82) is 0 Å². The summed E-state index contributed by atoms with van der Waals surface area (Å²) >= 11 is 0. The van der Waals surface area contributed by atoms with Crippen LogP contribution in [0.25, 0.3) is 21.9 Å². The van der Waals surface area contributed by atoms with E-state index >= 15 is 0 Å². The van der Waals surface area contributed by atoms with Crippen LogP contribution in [0.4, 0.5) is 0 Å². The summed E-state index contributed by atoms with van der Waals surface area (Å²) in [7, 11) is -3.15. The highest BCUT2D eigenvalue weighted by molar-refractivity contribution is 7.92. The number of pyridine rings is 2. The number of hydrogen-bond donors (Lipinski definition) is 1. The molecule has 0 bridgehead atoms. The van der Waals surface area contributed by atoms with Crippen molar-refractivity contribution in [2.45, 2.75) is 69.0 Å². The molecule has 5 nitrogen and oxygen atoms in total. The summed E-state index contributed by atoms with van der Waals surface area (Å²) < 4.78 is 26.6. The van der Waals surface area contributed by atoms with Gasteiger partial charge in [-0.3, -0.25) is 0 Å². The first kappa shape index (κ1) is 21.6. The highest BCUT2D eigenvalue weighted by Gasteiger charge is 2.41. The van der Waals surface area contributed by atoms with Crippen LogP contribution >= 0.6 is 0 Å². The largest absolute Gasteiger partial charge is 0.360 e. The van der Waals surface area contributed by atoms with Gasteiger partial charge < -0.3 is 4.98 Å². The minimum atomic E-state index is -3.15. The number of H-pyrrole nitrogens is 1. The first-order chi connectivity index (χ1) is 15.6. The van der Waals surface area contributed by atoms with Gasteiger partial charge in [-0.25, -0.2) is 18.4 Å². The Morgan fingerprint density at radius 1 is 1.03 bits per heavy atom. The Morgan fingerprint density at radius 2 is 1.78 bits per heavy atom. The van der Waals surface area contributed by atoms with E-state index in [9.17, 15) is 8.42 Å². The topological polar surface area (TPSA) is 75.7 Å². The minimum Gasteiger partial charge on any atom is -0.360 e. The second-order valence-corrected chi connectivity index (χ2v) is 12.0. The van der Waals surface area contributed by atoms with E-state index in [2.05, 4.69) is 33.7 Å². The Bertz CT molecular complexity index is 1200. The van der Waals surface area contributed by atoms with Crippen LogP contribution in [0.1, 0.15) is 69.3 Å². The predicted molar refractivity (Wildman–Crippen MR) is 130 cm³/mol. The average Bonchev–Trinajstić information content (AvgIpc) is 3.29. The second-order valence-electron chi connectivity index (χ2n) is 9.75. The van der Waals surface area contributed by atoms with Crippen LogP contribution in [-0.2, 0) is 9.84 Å². The molecule has 0 aliphatic heterocycles. The van der Waals surface area contributed by atoms with Crippen molar-refractivity contribution in [3.63, 3.8) is 0 Å². The molecule has 0 aromatic carbocycles. The number of nitrogens with zero attached hydrogens (tertiary/aromatic N) is 2. The standard InChI is InChI=1S/C26H33N3O2S/c1-2-16-32(30,31)25(19-6-4-3-5-7-19)20-10-8-18(9-11-20)21-12-14-27-23-17-29-26-22(24(21)23)13-15-28-26/h2,12-15,17-20,25,27H,1,3-11,16H2. The lowest BCUT2D eigenvalue weighted by Crippen LogP contribution is -2.40. The predicted octanol–water partition coefficient (Wildman–Crippen LogP) is 5.93. The molecule has 2 fully saturated rings. The van der Waals surface area contributed by atoms with E-state index in [4.69, 9.17) is 0 Å². The maximum Gasteiger partial charge on any atom is 0.159 e. The zero-order valence-electron chi connectivity index (χ0n) is 18.7. The number of rotatable bonds is 6. The van der Waals surface area contributed by atoms with Crippen LogP contribution in [0.5, 0.6) is 0 Å². The summed E-state index contributed by atoms with van der Waals surface area (Å²) in [5.74, 6) is 1.15. The summed E-state index contributed by atoms with van der Waals surface area (Å²) in [5.41, 5.74) is 3.18. The number of nitrogens with one attached hydrogen (secondary N) is 1. The fourth-order valence-electron chi connectivity index (χ4n) is 6.49. The molecule has 6 heteroatoms. The van der Waals surface area contributed by atoms with E-state index in [-0.39, 0.29) is 16.9 Å². The molecule has 5 rings (SSSR count). The van der Waals surface area contributed by atoms with Gasteiger partial charge in [0.05, 0.1) is 22.7 Å². The van der Waals surface area contributed by atoms with Gasteiger partial charge in [-0.1, -0.05) is 25.3 Å². The summed E-state index contributed by atoms with van der Waals surface area (Å²) in [6.07, 6.45) is 17.0. The molecule has 32 heavy (non-hydrogen) atoms. The van der Waals surface area contributed by atoms with E-state index in [1.165, 1.54) is 30.2 Å². The average molecular weight is 452 g/mol. The first-order valence-corrected chi connectivity index (χ1v) is 13.8. The Labute approximate surface area is 190 Å². The third-order valence-electron chi connectivity index (χ3n) is 7.88. The smallest absolute Gasteiger partial charge is 0.159 e. The van der Waals surface area contributed by atoms with Gasteiger partial charge in [0.2, 0.25) is 0 Å². The van der Waals surface area contributed by atoms with Crippen LogP contribution in [-0.4, -0.2) is 34.4 Å². The van der Waals surface area contributed by atoms with Crippen molar-refractivity contribution in [1.82, 2.24) is 15.0 Å². The van der Waals surface area contributed by atoms with Crippen molar-refractivity contribution >= 4 is 31.8 Å². The SMILES string of the molecule is C=CCS(=O)(=O)C(C1CCCCC1)C1CCC(c2cc[nH]c3cnc4nccc4c23)CC1. The van der Waals surface area contributed by atoms with Gasteiger partial charge in [-0.15, -0.1) is 6.58 Å². The number of sulfone groups is 1. The molecule has 3 aromatic rings. The van der Waals surface area contributed by atoms with E-state index < -0.39 is 9.84 Å². The van der Waals surface area contributed by atoms with Gasteiger partial charge in [-0.05, 0) is 74.0 Å². The lowest BCUT2D eigenvalue weighted by molar-refractivity contribution is 0.236. The van der Waals surface area contributed by atoms with Crippen LogP contribution in [0.15, 0.2) is 43.4 Å². The Kier molecular flexibility index (Phi) is 6.06. The lowest BCUT2D eigenvalue weighted by Gasteiger charge is -2.39. The molecular formula is C26H33N3O2S. The van der Waals surface area contributed by atoms with Gasteiger partial charge in [0.15, 0.2) is 15.5 Å². The second kappa shape index (κ2) is 8.97. The van der Waals surface area contributed by atoms with Gasteiger partial charge >= 0.3 is 0 Å². The molecule has 2 aliphatic rings. The van der Waals surface area contributed by atoms with E-state index in [0.717, 1.165) is 55.1 Å². The maximum atomic E-state index is 13.3. The molecule has 0 spiro atoms. The molecule has 170 valence electrons. The third kappa shape index (κ3) is 3.98.